The van der Waals surface area contributed by atoms with E-state index in [1.165, 1.54) is 70.9 Å². The lowest BCUT2D eigenvalue weighted by molar-refractivity contribution is 0.0299. The Hall–Kier alpha value is -0.0800. The van der Waals surface area contributed by atoms with Gasteiger partial charge in [0.2, 0.25) is 0 Å². The number of piperidine rings is 1. The van der Waals surface area contributed by atoms with Gasteiger partial charge < -0.3 is 5.32 Å². The van der Waals surface area contributed by atoms with Crippen molar-refractivity contribution in [2.75, 3.05) is 20.1 Å². The molecule has 3 atom stereocenters. The van der Waals surface area contributed by atoms with Crippen molar-refractivity contribution in [3.05, 3.63) is 0 Å². The van der Waals surface area contributed by atoms with Crippen LogP contribution in [0, 0.1) is 17.3 Å². The van der Waals surface area contributed by atoms with E-state index in [0.29, 0.717) is 0 Å². The molecule has 0 amide bonds. The maximum Gasteiger partial charge on any atom is 0.0251 e. The Kier molecular flexibility index (Phi) is 4.95. The first-order valence-corrected chi connectivity index (χ1v) is 9.55. The predicted molar refractivity (Wildman–Crippen MR) is 90.5 cm³/mol. The lowest BCUT2D eigenvalue weighted by Crippen LogP contribution is -2.55. The summed E-state index contributed by atoms with van der Waals surface area (Å²) in [6.45, 7) is 7.58. The number of hydrogen-bond donors (Lipinski definition) is 1. The van der Waals surface area contributed by atoms with Gasteiger partial charge in [-0.05, 0) is 82.3 Å². The van der Waals surface area contributed by atoms with Crippen LogP contribution >= 0.6 is 0 Å². The molecule has 0 aromatic carbocycles. The van der Waals surface area contributed by atoms with E-state index in [1.807, 2.05) is 0 Å². The summed E-state index contributed by atoms with van der Waals surface area (Å²) in [6, 6.07) is 1.53. The molecule has 0 aromatic rings. The van der Waals surface area contributed by atoms with Crippen LogP contribution in [-0.4, -0.2) is 37.1 Å². The van der Waals surface area contributed by atoms with Crippen molar-refractivity contribution < 1.29 is 0 Å². The molecule has 122 valence electrons. The highest BCUT2D eigenvalue weighted by atomic mass is 15.2. The molecule has 2 nitrogen and oxygen atoms in total. The van der Waals surface area contributed by atoms with Crippen LogP contribution in [0.3, 0.4) is 0 Å². The maximum absolute atomic E-state index is 3.63. The largest absolute Gasteiger partial charge is 0.315 e. The summed E-state index contributed by atoms with van der Waals surface area (Å²) in [5, 5.41) is 3.63. The van der Waals surface area contributed by atoms with Crippen molar-refractivity contribution in [3.63, 3.8) is 0 Å². The Morgan fingerprint density at radius 3 is 2.24 bits per heavy atom. The zero-order valence-corrected chi connectivity index (χ0v) is 14.5. The van der Waals surface area contributed by atoms with Crippen molar-refractivity contribution in [2.45, 2.75) is 83.7 Å². The van der Waals surface area contributed by atoms with Gasteiger partial charge in [0.15, 0.2) is 0 Å². The summed E-state index contributed by atoms with van der Waals surface area (Å²) in [4.78, 5) is 2.86. The van der Waals surface area contributed by atoms with Gasteiger partial charge in [-0.3, -0.25) is 4.90 Å². The molecule has 3 rings (SSSR count). The number of hydrogen-bond acceptors (Lipinski definition) is 2. The van der Waals surface area contributed by atoms with Gasteiger partial charge in [0.1, 0.15) is 0 Å². The number of likely N-dealkylation sites (N-methyl/N-ethyl adjacent to an activating group) is 1. The van der Waals surface area contributed by atoms with E-state index >= 15 is 0 Å². The minimum atomic E-state index is 0.734. The monoisotopic (exact) mass is 292 g/mol. The number of nitrogens with one attached hydrogen (secondary N) is 1. The molecule has 2 saturated carbocycles. The molecule has 21 heavy (non-hydrogen) atoms. The quantitative estimate of drug-likeness (QED) is 0.844. The fourth-order valence-electron chi connectivity index (χ4n) is 5.48. The third-order valence-corrected chi connectivity index (χ3v) is 7.16. The van der Waals surface area contributed by atoms with E-state index in [0.717, 1.165) is 29.3 Å². The Morgan fingerprint density at radius 1 is 1.00 bits per heavy atom. The van der Waals surface area contributed by atoms with Crippen LogP contribution in [0.2, 0.25) is 0 Å². The molecular formula is C19H36N2. The van der Waals surface area contributed by atoms with Crippen LogP contribution < -0.4 is 5.32 Å². The summed E-state index contributed by atoms with van der Waals surface area (Å²) in [5.74, 6) is 1.80. The molecule has 2 aliphatic carbocycles. The first-order chi connectivity index (χ1) is 10.1. The van der Waals surface area contributed by atoms with Gasteiger partial charge in [0.05, 0.1) is 0 Å². The van der Waals surface area contributed by atoms with Crippen LogP contribution in [0.25, 0.3) is 0 Å². The van der Waals surface area contributed by atoms with E-state index in [2.05, 4.69) is 31.1 Å². The predicted octanol–water partition coefficient (Wildman–Crippen LogP) is 4.06. The third kappa shape index (κ3) is 3.32. The molecule has 1 N–H and O–H groups in total. The normalized spacial score (nSPS) is 37.4. The average molecular weight is 293 g/mol. The number of rotatable bonds is 3. The SMILES string of the molecule is CNC1CCC(C(C)C)CC1N1CCC2(CCCC2)CC1. The Labute approximate surface area is 132 Å². The maximum atomic E-state index is 3.63. The Balaban J connectivity index is 1.61. The molecule has 1 saturated heterocycles. The molecule has 0 radical (unpaired) electrons. The molecule has 3 fully saturated rings. The lowest BCUT2D eigenvalue weighted by atomic mass is 9.73. The van der Waals surface area contributed by atoms with E-state index < -0.39 is 0 Å². The summed E-state index contributed by atoms with van der Waals surface area (Å²) in [6.07, 6.45) is 13.2. The average Bonchev–Trinajstić information content (AvgIpc) is 2.95. The third-order valence-electron chi connectivity index (χ3n) is 7.16. The van der Waals surface area contributed by atoms with Gasteiger partial charge in [-0.1, -0.05) is 26.7 Å². The van der Waals surface area contributed by atoms with Gasteiger partial charge in [0, 0.05) is 12.1 Å². The van der Waals surface area contributed by atoms with Crippen molar-refractivity contribution in [3.8, 4) is 0 Å². The number of likely N-dealkylation sites (tertiary alicyclic amines) is 1. The second kappa shape index (κ2) is 6.58. The molecule has 0 bridgehead atoms. The summed E-state index contributed by atoms with van der Waals surface area (Å²) >= 11 is 0. The minimum Gasteiger partial charge on any atom is -0.315 e. The molecule has 3 aliphatic rings. The summed E-state index contributed by atoms with van der Waals surface area (Å²) in [5.41, 5.74) is 0.762. The van der Waals surface area contributed by atoms with Gasteiger partial charge in [0.25, 0.3) is 0 Å². The molecule has 3 unspecified atom stereocenters. The second-order valence-electron chi connectivity index (χ2n) is 8.52. The van der Waals surface area contributed by atoms with Gasteiger partial charge in [-0.2, -0.15) is 0 Å². The summed E-state index contributed by atoms with van der Waals surface area (Å²) in [7, 11) is 2.18. The Morgan fingerprint density at radius 2 is 1.67 bits per heavy atom. The molecule has 1 aliphatic heterocycles. The smallest absolute Gasteiger partial charge is 0.0251 e. The highest BCUT2D eigenvalue weighted by Gasteiger charge is 2.41. The molecular weight excluding hydrogens is 256 g/mol. The van der Waals surface area contributed by atoms with Crippen LogP contribution in [0.1, 0.15) is 71.6 Å². The van der Waals surface area contributed by atoms with Crippen molar-refractivity contribution in [2.24, 2.45) is 17.3 Å². The summed E-state index contributed by atoms with van der Waals surface area (Å²) < 4.78 is 0. The van der Waals surface area contributed by atoms with Crippen LogP contribution in [0.15, 0.2) is 0 Å². The molecule has 0 aromatic heterocycles. The lowest BCUT2D eigenvalue weighted by Gasteiger charge is -2.48. The van der Waals surface area contributed by atoms with Gasteiger partial charge in [-0.15, -0.1) is 0 Å². The Bertz CT molecular complexity index is 322. The van der Waals surface area contributed by atoms with Crippen LogP contribution in [0.5, 0.6) is 0 Å². The fraction of sp³-hybridized carbons (Fsp3) is 1.00. The van der Waals surface area contributed by atoms with Gasteiger partial charge >= 0.3 is 0 Å². The van der Waals surface area contributed by atoms with Crippen LogP contribution in [0.4, 0.5) is 0 Å². The van der Waals surface area contributed by atoms with Crippen molar-refractivity contribution in [1.29, 1.82) is 0 Å². The van der Waals surface area contributed by atoms with E-state index in [-0.39, 0.29) is 0 Å². The second-order valence-corrected chi connectivity index (χ2v) is 8.52. The first-order valence-electron chi connectivity index (χ1n) is 9.55. The first kappa shape index (κ1) is 15.8. The zero-order chi connectivity index (χ0) is 14.9. The van der Waals surface area contributed by atoms with E-state index in [4.69, 9.17) is 0 Å². The van der Waals surface area contributed by atoms with Crippen molar-refractivity contribution >= 4 is 0 Å². The van der Waals surface area contributed by atoms with E-state index in [9.17, 15) is 0 Å². The molecule has 1 heterocycles. The molecule has 1 spiro atoms. The van der Waals surface area contributed by atoms with Crippen molar-refractivity contribution in [1.82, 2.24) is 10.2 Å². The topological polar surface area (TPSA) is 15.3 Å². The minimum absolute atomic E-state index is 0.734. The zero-order valence-electron chi connectivity index (χ0n) is 14.5. The highest BCUT2D eigenvalue weighted by molar-refractivity contribution is 4.96. The highest BCUT2D eigenvalue weighted by Crippen LogP contribution is 2.47. The molecule has 2 heteroatoms. The number of nitrogens with zero attached hydrogens (tertiary/aromatic N) is 1. The van der Waals surface area contributed by atoms with E-state index in [1.54, 1.807) is 0 Å². The fourth-order valence-corrected chi connectivity index (χ4v) is 5.48. The van der Waals surface area contributed by atoms with Crippen LogP contribution in [-0.2, 0) is 0 Å². The van der Waals surface area contributed by atoms with Gasteiger partial charge in [-0.25, -0.2) is 0 Å². The standard InChI is InChI=1S/C19H36N2/c1-15(2)16-6-7-17(20-3)18(14-16)21-12-10-19(11-13-21)8-4-5-9-19/h15-18,20H,4-14H2,1-3H3.